The molecule has 1 aliphatic rings. The Morgan fingerprint density at radius 3 is 3.15 bits per heavy atom. The lowest BCUT2D eigenvalue weighted by Crippen LogP contribution is -2.30. The Hall–Kier alpha value is -1.62. The molecule has 0 radical (unpaired) electrons. The summed E-state index contributed by atoms with van der Waals surface area (Å²) < 4.78 is 1.81. The summed E-state index contributed by atoms with van der Waals surface area (Å²) >= 11 is 1.72. The fraction of sp³-hybridized carbons (Fsp3) is 0.467. The lowest BCUT2D eigenvalue weighted by molar-refractivity contribution is -0.132. The minimum atomic E-state index is 0.222. The van der Waals surface area contributed by atoms with Gasteiger partial charge in [-0.25, -0.2) is 0 Å². The van der Waals surface area contributed by atoms with Crippen LogP contribution in [0, 0.1) is 0 Å². The van der Waals surface area contributed by atoms with Crippen molar-refractivity contribution in [3.05, 3.63) is 40.3 Å². The highest BCUT2D eigenvalue weighted by molar-refractivity contribution is 7.09. The van der Waals surface area contributed by atoms with Gasteiger partial charge in [-0.2, -0.15) is 5.10 Å². The van der Waals surface area contributed by atoms with Gasteiger partial charge in [0.2, 0.25) is 5.91 Å². The van der Waals surface area contributed by atoms with E-state index in [9.17, 15) is 4.79 Å². The summed E-state index contributed by atoms with van der Waals surface area (Å²) in [5.41, 5.74) is 1.16. The lowest BCUT2D eigenvalue weighted by atomic mass is 10.1. The van der Waals surface area contributed by atoms with Gasteiger partial charge in [0, 0.05) is 36.7 Å². The van der Waals surface area contributed by atoms with E-state index in [-0.39, 0.29) is 11.9 Å². The first-order chi connectivity index (χ1) is 9.74. The van der Waals surface area contributed by atoms with Crippen LogP contribution in [0.3, 0.4) is 0 Å². The summed E-state index contributed by atoms with van der Waals surface area (Å²) in [6.07, 6.45) is 7.51. The molecule has 20 heavy (non-hydrogen) atoms. The van der Waals surface area contributed by atoms with Crippen LogP contribution in [0.1, 0.15) is 35.7 Å². The first kappa shape index (κ1) is 13.4. The van der Waals surface area contributed by atoms with Gasteiger partial charge in [-0.3, -0.25) is 9.48 Å². The Balaban J connectivity index is 1.64. The van der Waals surface area contributed by atoms with Crippen molar-refractivity contribution in [2.24, 2.45) is 7.05 Å². The summed E-state index contributed by atoms with van der Waals surface area (Å²) in [7, 11) is 1.92. The van der Waals surface area contributed by atoms with Gasteiger partial charge in [0.05, 0.1) is 12.2 Å². The topological polar surface area (TPSA) is 38.1 Å². The van der Waals surface area contributed by atoms with Gasteiger partial charge in [0.15, 0.2) is 0 Å². The van der Waals surface area contributed by atoms with Gasteiger partial charge in [-0.05, 0) is 30.7 Å². The number of nitrogens with zero attached hydrogens (tertiary/aromatic N) is 3. The van der Waals surface area contributed by atoms with Crippen molar-refractivity contribution in [2.75, 3.05) is 6.54 Å². The molecular weight excluding hydrogens is 270 g/mol. The zero-order valence-electron chi connectivity index (χ0n) is 11.7. The summed E-state index contributed by atoms with van der Waals surface area (Å²) in [4.78, 5) is 15.8. The monoisotopic (exact) mass is 289 g/mol. The van der Waals surface area contributed by atoms with E-state index in [0.717, 1.165) is 31.4 Å². The maximum absolute atomic E-state index is 12.4. The molecule has 3 heterocycles. The number of carbonyl (C=O) groups excluding carboxylic acids is 1. The second-order valence-electron chi connectivity index (χ2n) is 5.27. The maximum Gasteiger partial charge on any atom is 0.223 e. The summed E-state index contributed by atoms with van der Waals surface area (Å²) in [6.45, 7) is 0.878. The molecule has 4 nitrogen and oxygen atoms in total. The quantitative estimate of drug-likeness (QED) is 0.868. The van der Waals surface area contributed by atoms with Crippen LogP contribution >= 0.6 is 11.3 Å². The first-order valence-corrected chi connectivity index (χ1v) is 7.92. The molecule has 1 saturated heterocycles. The fourth-order valence-corrected chi connectivity index (χ4v) is 3.56. The zero-order valence-corrected chi connectivity index (χ0v) is 12.5. The molecule has 1 fully saturated rings. The molecule has 106 valence electrons. The Morgan fingerprint density at radius 1 is 1.55 bits per heavy atom. The van der Waals surface area contributed by atoms with Crippen LogP contribution in [0.4, 0.5) is 0 Å². The molecule has 0 aliphatic carbocycles. The molecular formula is C15H19N3OS. The second kappa shape index (κ2) is 5.79. The largest absolute Gasteiger partial charge is 0.336 e. The highest BCUT2D eigenvalue weighted by Gasteiger charge is 2.30. The Labute approximate surface area is 123 Å². The normalized spacial score (nSPS) is 18.6. The van der Waals surface area contributed by atoms with E-state index < -0.39 is 0 Å². The third-order valence-corrected chi connectivity index (χ3v) is 4.78. The van der Waals surface area contributed by atoms with Gasteiger partial charge in [-0.1, -0.05) is 6.07 Å². The molecule has 0 N–H and O–H groups in total. The maximum atomic E-state index is 12.4. The third kappa shape index (κ3) is 2.77. The van der Waals surface area contributed by atoms with Gasteiger partial charge < -0.3 is 4.90 Å². The molecule has 0 saturated carbocycles. The van der Waals surface area contributed by atoms with Crippen LogP contribution in [0.25, 0.3) is 0 Å². The Kier molecular flexibility index (Phi) is 3.87. The number of rotatable bonds is 4. The van der Waals surface area contributed by atoms with Crippen LogP contribution < -0.4 is 0 Å². The number of hydrogen-bond acceptors (Lipinski definition) is 3. The average molecular weight is 289 g/mol. The van der Waals surface area contributed by atoms with Crippen LogP contribution in [-0.2, 0) is 18.3 Å². The summed E-state index contributed by atoms with van der Waals surface area (Å²) in [5, 5.41) is 6.29. The SMILES string of the molecule is Cn1cc([C@@H]2CCCN2C(=O)CCc2cccs2)cn1. The number of carbonyl (C=O) groups is 1. The first-order valence-electron chi connectivity index (χ1n) is 7.04. The third-order valence-electron chi connectivity index (χ3n) is 3.85. The smallest absolute Gasteiger partial charge is 0.223 e. The second-order valence-corrected chi connectivity index (χ2v) is 6.30. The predicted molar refractivity (Wildman–Crippen MR) is 79.5 cm³/mol. The number of amides is 1. The average Bonchev–Trinajstić information content (AvgIpc) is 3.16. The van der Waals surface area contributed by atoms with Gasteiger partial charge in [-0.15, -0.1) is 11.3 Å². The molecule has 5 heteroatoms. The molecule has 0 aromatic carbocycles. The van der Waals surface area contributed by atoms with E-state index in [1.54, 1.807) is 11.3 Å². The number of aryl methyl sites for hydroxylation is 2. The van der Waals surface area contributed by atoms with E-state index in [1.165, 1.54) is 4.88 Å². The highest BCUT2D eigenvalue weighted by Crippen LogP contribution is 2.32. The molecule has 1 amide bonds. The van der Waals surface area contributed by atoms with E-state index in [2.05, 4.69) is 16.5 Å². The van der Waals surface area contributed by atoms with E-state index in [1.807, 2.05) is 35.1 Å². The molecule has 0 bridgehead atoms. The standard InChI is InChI=1S/C15H19N3OS/c1-17-11-12(10-16-17)14-5-2-8-18(14)15(19)7-6-13-4-3-9-20-13/h3-4,9-11,14H,2,5-8H2,1H3/t14-/m0/s1. The van der Waals surface area contributed by atoms with E-state index in [4.69, 9.17) is 0 Å². The fourth-order valence-electron chi connectivity index (χ4n) is 2.85. The molecule has 2 aromatic heterocycles. The molecule has 1 atom stereocenters. The minimum Gasteiger partial charge on any atom is -0.336 e. The van der Waals surface area contributed by atoms with Crippen molar-refractivity contribution in [2.45, 2.75) is 31.7 Å². The van der Waals surface area contributed by atoms with Crippen molar-refractivity contribution < 1.29 is 4.79 Å². The molecule has 2 aromatic rings. The Bertz CT molecular complexity index is 576. The molecule has 1 aliphatic heterocycles. The number of likely N-dealkylation sites (tertiary alicyclic amines) is 1. The van der Waals surface area contributed by atoms with Gasteiger partial charge >= 0.3 is 0 Å². The van der Waals surface area contributed by atoms with Crippen molar-refractivity contribution >= 4 is 17.2 Å². The number of thiophene rings is 1. The van der Waals surface area contributed by atoms with E-state index in [0.29, 0.717) is 6.42 Å². The minimum absolute atomic E-state index is 0.222. The Morgan fingerprint density at radius 2 is 2.45 bits per heavy atom. The molecule has 3 rings (SSSR count). The van der Waals surface area contributed by atoms with Crippen molar-refractivity contribution in [3.63, 3.8) is 0 Å². The van der Waals surface area contributed by atoms with Crippen LogP contribution in [0.15, 0.2) is 29.9 Å². The number of aromatic nitrogens is 2. The van der Waals surface area contributed by atoms with E-state index >= 15 is 0 Å². The van der Waals surface area contributed by atoms with Crippen LogP contribution in [0.5, 0.6) is 0 Å². The molecule has 0 spiro atoms. The van der Waals surface area contributed by atoms with Gasteiger partial charge in [0.25, 0.3) is 0 Å². The van der Waals surface area contributed by atoms with Crippen molar-refractivity contribution in [3.8, 4) is 0 Å². The number of hydrogen-bond donors (Lipinski definition) is 0. The summed E-state index contributed by atoms with van der Waals surface area (Å²) in [6, 6.07) is 4.36. The lowest BCUT2D eigenvalue weighted by Gasteiger charge is -2.23. The predicted octanol–water partition coefficient (Wildman–Crippen LogP) is 2.78. The molecule has 0 unspecified atom stereocenters. The zero-order chi connectivity index (χ0) is 13.9. The van der Waals surface area contributed by atoms with Gasteiger partial charge in [0.1, 0.15) is 0 Å². The summed E-state index contributed by atoms with van der Waals surface area (Å²) in [5.74, 6) is 0.268. The van der Waals surface area contributed by atoms with Crippen LogP contribution in [0.2, 0.25) is 0 Å². The van der Waals surface area contributed by atoms with Crippen LogP contribution in [-0.4, -0.2) is 27.1 Å². The van der Waals surface area contributed by atoms with Crippen molar-refractivity contribution in [1.29, 1.82) is 0 Å². The van der Waals surface area contributed by atoms with Crippen molar-refractivity contribution in [1.82, 2.24) is 14.7 Å². The highest BCUT2D eigenvalue weighted by atomic mass is 32.1.